The summed E-state index contributed by atoms with van der Waals surface area (Å²) in [5, 5.41) is 11.6. The second kappa shape index (κ2) is 4.74. The summed E-state index contributed by atoms with van der Waals surface area (Å²) in [4.78, 5) is 0. The zero-order valence-corrected chi connectivity index (χ0v) is 9.42. The second-order valence-corrected chi connectivity index (χ2v) is 3.29. The number of ether oxygens (including phenoxy) is 1. The maximum Gasteiger partial charge on any atom is 0.156 e. The quantitative estimate of drug-likeness (QED) is 0.782. The zero-order valence-electron chi connectivity index (χ0n) is 9.42. The monoisotopic (exact) mass is 218 g/mol. The van der Waals surface area contributed by atoms with Gasteiger partial charge in [-0.05, 0) is 29.5 Å². The first-order valence-corrected chi connectivity index (χ1v) is 5.35. The van der Waals surface area contributed by atoms with Gasteiger partial charge in [-0.3, -0.25) is 0 Å². The summed E-state index contributed by atoms with van der Waals surface area (Å²) >= 11 is 0. The Morgan fingerprint density at radius 2 is 2.19 bits per heavy atom. The minimum atomic E-state index is 0.652. The number of rotatable bonds is 4. The summed E-state index contributed by atoms with van der Waals surface area (Å²) in [5.41, 5.74) is 0.924. The Balaban J connectivity index is 2.36. The van der Waals surface area contributed by atoms with E-state index in [-0.39, 0.29) is 0 Å². The number of aromatic nitrogens is 4. The molecule has 84 valence electrons. The highest BCUT2D eigenvalue weighted by Crippen LogP contribution is 2.16. The van der Waals surface area contributed by atoms with Crippen LogP contribution in [0, 0.1) is 0 Å². The van der Waals surface area contributed by atoms with E-state index in [0.717, 1.165) is 23.7 Å². The highest BCUT2D eigenvalue weighted by Gasteiger charge is 2.06. The van der Waals surface area contributed by atoms with Gasteiger partial charge in [-0.25, -0.2) is 0 Å². The van der Waals surface area contributed by atoms with Gasteiger partial charge in [0, 0.05) is 12.5 Å². The van der Waals surface area contributed by atoms with Crippen LogP contribution in [-0.4, -0.2) is 26.8 Å². The lowest BCUT2D eigenvalue weighted by Crippen LogP contribution is -2.02. The summed E-state index contributed by atoms with van der Waals surface area (Å²) in [6.45, 7) is 4.63. The number of benzene rings is 1. The molecule has 0 N–H and O–H groups in total. The number of nitrogens with zero attached hydrogens (tertiary/aromatic N) is 4. The zero-order chi connectivity index (χ0) is 11.4. The molecule has 2 aromatic rings. The van der Waals surface area contributed by atoms with E-state index in [1.165, 1.54) is 0 Å². The Labute approximate surface area is 94.0 Å². The summed E-state index contributed by atoms with van der Waals surface area (Å²) in [6, 6.07) is 7.74. The lowest BCUT2D eigenvalue weighted by Gasteiger charge is -2.06. The minimum absolute atomic E-state index is 0.652. The van der Waals surface area contributed by atoms with Crippen LogP contribution in [0.3, 0.4) is 0 Å². The highest BCUT2D eigenvalue weighted by molar-refractivity contribution is 5.38. The topological polar surface area (TPSA) is 52.8 Å². The average molecular weight is 218 g/mol. The van der Waals surface area contributed by atoms with Gasteiger partial charge < -0.3 is 4.74 Å². The fourth-order valence-electron chi connectivity index (χ4n) is 1.50. The van der Waals surface area contributed by atoms with Crippen LogP contribution in [0.5, 0.6) is 5.75 Å². The van der Waals surface area contributed by atoms with E-state index in [1.54, 1.807) is 4.68 Å². The molecule has 0 saturated heterocycles. The number of aryl methyl sites for hydroxylation is 1. The van der Waals surface area contributed by atoms with Crippen molar-refractivity contribution in [2.24, 2.45) is 0 Å². The molecule has 0 aliphatic carbocycles. The van der Waals surface area contributed by atoms with E-state index in [2.05, 4.69) is 15.5 Å². The van der Waals surface area contributed by atoms with Crippen molar-refractivity contribution in [3.05, 3.63) is 30.1 Å². The Hall–Kier alpha value is -1.91. The molecule has 0 bridgehead atoms. The fraction of sp³-hybridized carbons (Fsp3) is 0.364. The molecule has 0 aliphatic heterocycles. The molecule has 0 unspecified atom stereocenters. The number of tetrazole rings is 1. The van der Waals surface area contributed by atoms with Crippen molar-refractivity contribution >= 4 is 0 Å². The molecule has 2 rings (SSSR count). The predicted molar refractivity (Wildman–Crippen MR) is 59.7 cm³/mol. The Kier molecular flexibility index (Phi) is 3.14. The van der Waals surface area contributed by atoms with Crippen LogP contribution in [0.2, 0.25) is 0 Å². The van der Waals surface area contributed by atoms with Gasteiger partial charge >= 0.3 is 0 Å². The largest absolute Gasteiger partial charge is 0.494 e. The summed E-state index contributed by atoms with van der Waals surface area (Å²) in [5.74, 6) is 1.67. The van der Waals surface area contributed by atoms with Gasteiger partial charge in [0.1, 0.15) is 5.75 Å². The molecule has 1 aromatic heterocycles. The molecular formula is C11H14N4O. The maximum absolute atomic E-state index is 5.44. The summed E-state index contributed by atoms with van der Waals surface area (Å²) < 4.78 is 7.16. The van der Waals surface area contributed by atoms with E-state index in [1.807, 2.05) is 38.1 Å². The normalized spacial score (nSPS) is 10.4. The van der Waals surface area contributed by atoms with E-state index in [4.69, 9.17) is 4.74 Å². The first kappa shape index (κ1) is 10.6. The van der Waals surface area contributed by atoms with E-state index >= 15 is 0 Å². The Bertz CT molecular complexity index is 467. The standard InChI is InChI=1S/C11H14N4O/c1-3-11-12-13-14-15(11)9-6-5-7-10(8-9)16-4-2/h5-8H,3-4H2,1-2H3. The van der Waals surface area contributed by atoms with Gasteiger partial charge in [0.15, 0.2) is 5.82 Å². The Morgan fingerprint density at radius 3 is 2.94 bits per heavy atom. The molecule has 0 spiro atoms. The van der Waals surface area contributed by atoms with Crippen molar-refractivity contribution in [2.45, 2.75) is 20.3 Å². The van der Waals surface area contributed by atoms with Crippen molar-refractivity contribution in [3.8, 4) is 11.4 Å². The number of hydrogen-bond donors (Lipinski definition) is 0. The fourth-order valence-corrected chi connectivity index (χ4v) is 1.50. The third-order valence-corrected chi connectivity index (χ3v) is 2.22. The van der Waals surface area contributed by atoms with Gasteiger partial charge in [-0.15, -0.1) is 5.10 Å². The van der Waals surface area contributed by atoms with Crippen LogP contribution in [0.4, 0.5) is 0 Å². The first-order chi connectivity index (χ1) is 7.85. The predicted octanol–water partition coefficient (Wildman–Crippen LogP) is 1.62. The van der Waals surface area contributed by atoms with Crippen molar-refractivity contribution in [1.82, 2.24) is 20.2 Å². The molecule has 0 fully saturated rings. The smallest absolute Gasteiger partial charge is 0.156 e. The number of hydrogen-bond acceptors (Lipinski definition) is 4. The third-order valence-electron chi connectivity index (χ3n) is 2.22. The third kappa shape index (κ3) is 2.03. The van der Waals surface area contributed by atoms with Gasteiger partial charge in [0.25, 0.3) is 0 Å². The van der Waals surface area contributed by atoms with E-state index in [9.17, 15) is 0 Å². The molecule has 1 aromatic carbocycles. The molecular weight excluding hydrogens is 204 g/mol. The summed E-state index contributed by atoms with van der Waals surface area (Å²) in [6.07, 6.45) is 0.797. The van der Waals surface area contributed by atoms with Crippen LogP contribution in [0.1, 0.15) is 19.7 Å². The van der Waals surface area contributed by atoms with Crippen LogP contribution in [-0.2, 0) is 6.42 Å². The SMILES string of the molecule is CCOc1cccc(-n2nnnc2CC)c1. The Morgan fingerprint density at radius 1 is 1.31 bits per heavy atom. The van der Waals surface area contributed by atoms with E-state index in [0.29, 0.717) is 6.61 Å². The van der Waals surface area contributed by atoms with Crippen molar-refractivity contribution < 1.29 is 4.74 Å². The van der Waals surface area contributed by atoms with E-state index < -0.39 is 0 Å². The molecule has 5 heteroatoms. The van der Waals surface area contributed by atoms with Crippen molar-refractivity contribution in [1.29, 1.82) is 0 Å². The van der Waals surface area contributed by atoms with Crippen molar-refractivity contribution in [3.63, 3.8) is 0 Å². The second-order valence-electron chi connectivity index (χ2n) is 3.29. The van der Waals surface area contributed by atoms with Gasteiger partial charge in [0.05, 0.1) is 12.3 Å². The molecule has 16 heavy (non-hydrogen) atoms. The van der Waals surface area contributed by atoms with Gasteiger partial charge in [0.2, 0.25) is 0 Å². The lowest BCUT2D eigenvalue weighted by atomic mass is 10.3. The lowest BCUT2D eigenvalue weighted by molar-refractivity contribution is 0.340. The van der Waals surface area contributed by atoms with Gasteiger partial charge in [-0.2, -0.15) is 4.68 Å². The first-order valence-electron chi connectivity index (χ1n) is 5.35. The average Bonchev–Trinajstić information content (AvgIpc) is 2.78. The maximum atomic E-state index is 5.44. The molecule has 0 aliphatic rings. The van der Waals surface area contributed by atoms with Crippen LogP contribution >= 0.6 is 0 Å². The molecule has 1 heterocycles. The van der Waals surface area contributed by atoms with Gasteiger partial charge in [-0.1, -0.05) is 13.0 Å². The molecule has 0 radical (unpaired) electrons. The molecule has 0 amide bonds. The highest BCUT2D eigenvalue weighted by atomic mass is 16.5. The molecule has 0 saturated carbocycles. The minimum Gasteiger partial charge on any atom is -0.494 e. The van der Waals surface area contributed by atoms with Crippen LogP contribution < -0.4 is 4.74 Å². The summed E-state index contributed by atoms with van der Waals surface area (Å²) in [7, 11) is 0. The molecule has 5 nitrogen and oxygen atoms in total. The van der Waals surface area contributed by atoms with Crippen molar-refractivity contribution in [2.75, 3.05) is 6.61 Å². The van der Waals surface area contributed by atoms with Crippen LogP contribution in [0.25, 0.3) is 5.69 Å². The van der Waals surface area contributed by atoms with Crippen LogP contribution in [0.15, 0.2) is 24.3 Å². The molecule has 0 atom stereocenters.